The Hall–Kier alpha value is -2.39. The molecule has 1 aliphatic rings. The summed E-state index contributed by atoms with van der Waals surface area (Å²) in [6.07, 6.45) is 6.89. The van der Waals surface area contributed by atoms with Crippen molar-refractivity contribution in [3.05, 3.63) is 77.4 Å². The van der Waals surface area contributed by atoms with Crippen LogP contribution in [0.4, 0.5) is 0 Å². The lowest BCUT2D eigenvalue weighted by molar-refractivity contribution is -0.132. The molecule has 0 saturated carbocycles. The quantitative estimate of drug-likeness (QED) is 0.742. The molecule has 0 bridgehead atoms. The van der Waals surface area contributed by atoms with Gasteiger partial charge in [-0.15, -0.1) is 0 Å². The van der Waals surface area contributed by atoms with Gasteiger partial charge >= 0.3 is 0 Å². The first-order valence-electron chi connectivity index (χ1n) is 10.0. The van der Waals surface area contributed by atoms with Gasteiger partial charge in [-0.2, -0.15) is 0 Å². The Morgan fingerprint density at radius 1 is 0.926 bits per heavy atom. The molecule has 0 N–H and O–H groups in total. The normalized spacial score (nSPS) is 15.4. The number of carbonyl (C=O) groups is 1. The van der Waals surface area contributed by atoms with Crippen LogP contribution in [0.15, 0.2) is 60.7 Å². The topological polar surface area (TPSA) is 23.6 Å². The molecule has 1 saturated heterocycles. The van der Waals surface area contributed by atoms with E-state index in [2.05, 4.69) is 72.5 Å². The first-order chi connectivity index (χ1) is 13.2. The molecule has 2 aromatic carbocycles. The fraction of sp³-hybridized carbons (Fsp3) is 0.375. The Morgan fingerprint density at radius 3 is 2.26 bits per heavy atom. The number of hydrogen-bond donors (Lipinski definition) is 0. The number of nitrogens with zero attached hydrogens (tertiary/aromatic N) is 2. The highest BCUT2D eigenvalue weighted by Crippen LogP contribution is 2.10. The van der Waals surface area contributed by atoms with Crippen molar-refractivity contribution in [2.24, 2.45) is 0 Å². The Bertz CT molecular complexity index is 729. The molecule has 2 aromatic rings. The molecule has 0 radical (unpaired) electrons. The zero-order valence-electron chi connectivity index (χ0n) is 16.3. The number of carbonyl (C=O) groups excluding carboxylic acids is 1. The van der Waals surface area contributed by atoms with Crippen LogP contribution in [0.1, 0.15) is 30.0 Å². The van der Waals surface area contributed by atoms with Crippen LogP contribution >= 0.6 is 0 Å². The van der Waals surface area contributed by atoms with Crippen LogP contribution in [0, 0.1) is 0 Å². The van der Waals surface area contributed by atoms with Gasteiger partial charge in [0.1, 0.15) is 0 Å². The summed E-state index contributed by atoms with van der Waals surface area (Å²) in [6, 6.07) is 19.0. The minimum Gasteiger partial charge on any atom is -0.340 e. The van der Waals surface area contributed by atoms with Crippen molar-refractivity contribution in [3.63, 3.8) is 0 Å². The molecule has 3 rings (SSSR count). The second-order valence-electron chi connectivity index (χ2n) is 7.16. The van der Waals surface area contributed by atoms with Crippen LogP contribution < -0.4 is 0 Å². The zero-order chi connectivity index (χ0) is 18.9. The third-order valence-electron chi connectivity index (χ3n) is 5.26. The van der Waals surface area contributed by atoms with Crippen molar-refractivity contribution in [3.8, 4) is 0 Å². The maximum atomic E-state index is 12.5. The molecule has 1 amide bonds. The van der Waals surface area contributed by atoms with E-state index in [1.54, 1.807) is 0 Å². The summed E-state index contributed by atoms with van der Waals surface area (Å²) in [5.74, 6) is 0.286. The summed E-state index contributed by atoms with van der Waals surface area (Å²) in [5.41, 5.74) is 3.84. The van der Waals surface area contributed by atoms with E-state index in [9.17, 15) is 4.79 Å². The van der Waals surface area contributed by atoms with E-state index in [-0.39, 0.29) is 5.91 Å². The van der Waals surface area contributed by atoms with Crippen LogP contribution in [0.5, 0.6) is 0 Å². The lowest BCUT2D eigenvalue weighted by Crippen LogP contribution is -2.48. The Morgan fingerprint density at radius 2 is 1.59 bits per heavy atom. The van der Waals surface area contributed by atoms with E-state index in [0.29, 0.717) is 6.42 Å². The Labute approximate surface area is 163 Å². The van der Waals surface area contributed by atoms with E-state index in [4.69, 9.17) is 0 Å². The average Bonchev–Trinajstić information content (AvgIpc) is 2.73. The second-order valence-corrected chi connectivity index (χ2v) is 7.16. The molecule has 1 aliphatic heterocycles. The van der Waals surface area contributed by atoms with E-state index in [1.807, 2.05) is 11.0 Å². The molecule has 1 heterocycles. The predicted octanol–water partition coefficient (Wildman–Crippen LogP) is 4.04. The Kier molecular flexibility index (Phi) is 7.23. The van der Waals surface area contributed by atoms with E-state index < -0.39 is 0 Å². The summed E-state index contributed by atoms with van der Waals surface area (Å²) in [6.45, 7) is 6.70. The summed E-state index contributed by atoms with van der Waals surface area (Å²) < 4.78 is 0. The van der Waals surface area contributed by atoms with Gasteiger partial charge in [0.15, 0.2) is 0 Å². The molecule has 27 heavy (non-hydrogen) atoms. The van der Waals surface area contributed by atoms with Crippen LogP contribution in [0.2, 0.25) is 0 Å². The second kappa shape index (κ2) is 10.1. The van der Waals surface area contributed by atoms with Gasteiger partial charge < -0.3 is 4.90 Å². The largest absolute Gasteiger partial charge is 0.340 e. The van der Waals surface area contributed by atoms with Gasteiger partial charge in [0, 0.05) is 39.1 Å². The van der Waals surface area contributed by atoms with Crippen molar-refractivity contribution in [2.45, 2.75) is 26.2 Å². The molecule has 142 valence electrons. The van der Waals surface area contributed by atoms with E-state index in [1.165, 1.54) is 16.7 Å². The van der Waals surface area contributed by atoms with Crippen LogP contribution in [0.3, 0.4) is 0 Å². The van der Waals surface area contributed by atoms with Crippen molar-refractivity contribution >= 4 is 12.0 Å². The van der Waals surface area contributed by atoms with Crippen molar-refractivity contribution in [1.82, 2.24) is 9.80 Å². The van der Waals surface area contributed by atoms with E-state index >= 15 is 0 Å². The van der Waals surface area contributed by atoms with Crippen LogP contribution in [0.25, 0.3) is 6.08 Å². The van der Waals surface area contributed by atoms with Crippen molar-refractivity contribution < 1.29 is 4.79 Å². The molecule has 3 nitrogen and oxygen atoms in total. The maximum absolute atomic E-state index is 12.5. The average molecular weight is 363 g/mol. The lowest BCUT2D eigenvalue weighted by Gasteiger charge is -2.34. The summed E-state index contributed by atoms with van der Waals surface area (Å²) in [5, 5.41) is 0. The molecule has 0 spiro atoms. The molecule has 0 atom stereocenters. The molecular formula is C24H30N2O. The number of rotatable bonds is 7. The molecular weight excluding hydrogens is 332 g/mol. The van der Waals surface area contributed by atoms with Gasteiger partial charge in [0.2, 0.25) is 5.91 Å². The van der Waals surface area contributed by atoms with Crippen LogP contribution in [-0.4, -0.2) is 48.4 Å². The van der Waals surface area contributed by atoms with Gasteiger partial charge in [-0.05, 0) is 29.5 Å². The monoisotopic (exact) mass is 362 g/mol. The predicted molar refractivity (Wildman–Crippen MR) is 113 cm³/mol. The molecule has 3 heteroatoms. The molecule has 0 aliphatic carbocycles. The van der Waals surface area contributed by atoms with Gasteiger partial charge in [-0.1, -0.05) is 73.7 Å². The van der Waals surface area contributed by atoms with Crippen molar-refractivity contribution in [2.75, 3.05) is 32.7 Å². The fourth-order valence-corrected chi connectivity index (χ4v) is 3.43. The number of piperazine rings is 1. The van der Waals surface area contributed by atoms with Gasteiger partial charge in [0.05, 0.1) is 0 Å². The highest BCUT2D eigenvalue weighted by atomic mass is 16.2. The first kappa shape index (κ1) is 19.4. The van der Waals surface area contributed by atoms with Gasteiger partial charge in [-0.3, -0.25) is 9.69 Å². The van der Waals surface area contributed by atoms with Gasteiger partial charge in [0.25, 0.3) is 0 Å². The number of aryl methyl sites for hydroxylation is 2. The minimum absolute atomic E-state index is 0.286. The summed E-state index contributed by atoms with van der Waals surface area (Å²) >= 11 is 0. The highest BCUT2D eigenvalue weighted by molar-refractivity contribution is 5.76. The smallest absolute Gasteiger partial charge is 0.222 e. The SMILES string of the molecule is CCc1ccc(CCC(=O)N2CCN(C/C=C/c3ccccc3)CC2)cc1. The highest BCUT2D eigenvalue weighted by Gasteiger charge is 2.19. The Balaban J connectivity index is 1.37. The number of amides is 1. The third-order valence-corrected chi connectivity index (χ3v) is 5.26. The zero-order valence-corrected chi connectivity index (χ0v) is 16.3. The number of hydrogen-bond acceptors (Lipinski definition) is 2. The molecule has 1 fully saturated rings. The van der Waals surface area contributed by atoms with E-state index in [0.717, 1.165) is 45.6 Å². The summed E-state index contributed by atoms with van der Waals surface area (Å²) in [7, 11) is 0. The number of benzene rings is 2. The fourth-order valence-electron chi connectivity index (χ4n) is 3.43. The molecule has 0 unspecified atom stereocenters. The standard InChI is InChI=1S/C24H30N2O/c1-2-21-10-12-23(13-11-21)14-15-24(27)26-19-17-25(18-20-26)16-6-9-22-7-4-3-5-8-22/h3-13H,2,14-20H2,1H3/b9-6+. The first-order valence-corrected chi connectivity index (χ1v) is 10.0. The third kappa shape index (κ3) is 6.07. The lowest BCUT2D eigenvalue weighted by atomic mass is 10.1. The maximum Gasteiger partial charge on any atom is 0.222 e. The summed E-state index contributed by atoms with van der Waals surface area (Å²) in [4.78, 5) is 16.9. The van der Waals surface area contributed by atoms with Crippen LogP contribution in [-0.2, 0) is 17.6 Å². The molecule has 0 aromatic heterocycles. The van der Waals surface area contributed by atoms with Gasteiger partial charge in [-0.25, -0.2) is 0 Å². The minimum atomic E-state index is 0.286. The van der Waals surface area contributed by atoms with Crippen molar-refractivity contribution in [1.29, 1.82) is 0 Å².